The quantitative estimate of drug-likeness (QED) is 0.709. The topological polar surface area (TPSA) is 85.1 Å². The van der Waals surface area contributed by atoms with Gasteiger partial charge in [-0.2, -0.15) is 0 Å². The number of benzene rings is 1. The Bertz CT molecular complexity index is 603. The third-order valence-corrected chi connectivity index (χ3v) is 2.06. The normalized spacial score (nSPS) is 10.5. The van der Waals surface area contributed by atoms with Gasteiger partial charge in [0.05, 0.1) is 10.9 Å². The summed E-state index contributed by atoms with van der Waals surface area (Å²) in [6.45, 7) is 0. The van der Waals surface area contributed by atoms with Crippen LogP contribution in [0.4, 0.5) is 0 Å². The lowest BCUT2D eigenvalue weighted by Gasteiger charge is -1.99. The van der Waals surface area contributed by atoms with Crippen LogP contribution in [0.25, 0.3) is 10.9 Å². The van der Waals surface area contributed by atoms with E-state index >= 15 is 0 Å². The number of nitrogens with zero attached hydrogens (tertiary/aromatic N) is 3. The van der Waals surface area contributed by atoms with Gasteiger partial charge < -0.3 is 5.11 Å². The van der Waals surface area contributed by atoms with Crippen LogP contribution in [0.15, 0.2) is 23.0 Å². The van der Waals surface area contributed by atoms with Crippen molar-refractivity contribution < 1.29 is 9.90 Å². The first-order valence-corrected chi connectivity index (χ1v) is 4.16. The van der Waals surface area contributed by atoms with Crippen LogP contribution in [-0.4, -0.2) is 26.1 Å². The molecule has 0 unspecified atom stereocenters. The second kappa shape index (κ2) is 3.16. The highest BCUT2D eigenvalue weighted by atomic mass is 16.4. The Morgan fingerprint density at radius 2 is 2.20 bits per heavy atom. The molecule has 6 nitrogen and oxygen atoms in total. The zero-order valence-corrected chi connectivity index (χ0v) is 7.84. The van der Waals surface area contributed by atoms with Gasteiger partial charge in [0.1, 0.15) is 5.52 Å². The van der Waals surface area contributed by atoms with Crippen LogP contribution >= 0.6 is 0 Å². The van der Waals surface area contributed by atoms with Crippen molar-refractivity contribution in [1.82, 2.24) is 15.0 Å². The minimum absolute atomic E-state index is 0.0880. The van der Waals surface area contributed by atoms with Gasteiger partial charge in [-0.05, 0) is 18.2 Å². The van der Waals surface area contributed by atoms with Crippen molar-refractivity contribution in [2.45, 2.75) is 0 Å². The van der Waals surface area contributed by atoms with Crippen molar-refractivity contribution >= 4 is 16.9 Å². The Morgan fingerprint density at radius 1 is 1.47 bits per heavy atom. The molecule has 0 spiro atoms. The highest BCUT2D eigenvalue weighted by molar-refractivity contribution is 5.92. The molecular formula is C9H7N3O3. The third kappa shape index (κ3) is 1.45. The van der Waals surface area contributed by atoms with E-state index in [9.17, 15) is 9.59 Å². The number of aryl methyl sites for hydroxylation is 1. The van der Waals surface area contributed by atoms with E-state index in [0.29, 0.717) is 5.39 Å². The van der Waals surface area contributed by atoms with Gasteiger partial charge in [0.25, 0.3) is 5.56 Å². The predicted molar refractivity (Wildman–Crippen MR) is 51.7 cm³/mol. The maximum atomic E-state index is 11.5. The second-order valence-corrected chi connectivity index (χ2v) is 3.06. The monoisotopic (exact) mass is 205 g/mol. The SMILES string of the molecule is Cn1nnc2cc(C(=O)O)ccc2c1=O. The number of carboxylic acid groups (broad SMARTS) is 1. The molecule has 2 aromatic rings. The smallest absolute Gasteiger partial charge is 0.335 e. The number of carboxylic acids is 1. The summed E-state index contributed by atoms with van der Waals surface area (Å²) in [5.74, 6) is -1.06. The fraction of sp³-hybridized carbons (Fsp3) is 0.111. The number of aromatic nitrogens is 3. The van der Waals surface area contributed by atoms with Crippen LogP contribution in [0, 0.1) is 0 Å². The molecule has 0 aliphatic carbocycles. The largest absolute Gasteiger partial charge is 0.478 e. The molecule has 76 valence electrons. The molecule has 6 heteroatoms. The molecule has 0 fully saturated rings. The number of fused-ring (bicyclic) bond motifs is 1. The first-order chi connectivity index (χ1) is 7.09. The number of hydrogen-bond acceptors (Lipinski definition) is 4. The van der Waals surface area contributed by atoms with E-state index in [2.05, 4.69) is 10.3 Å². The molecule has 0 saturated heterocycles. The third-order valence-electron chi connectivity index (χ3n) is 2.06. The van der Waals surface area contributed by atoms with Gasteiger partial charge in [-0.25, -0.2) is 9.48 Å². The van der Waals surface area contributed by atoms with Gasteiger partial charge in [-0.1, -0.05) is 5.21 Å². The van der Waals surface area contributed by atoms with E-state index in [-0.39, 0.29) is 16.6 Å². The Balaban J connectivity index is 2.81. The molecule has 1 heterocycles. The molecule has 0 bridgehead atoms. The fourth-order valence-electron chi connectivity index (χ4n) is 1.26. The molecule has 0 atom stereocenters. The Kier molecular flexibility index (Phi) is 1.96. The molecule has 0 saturated carbocycles. The molecule has 2 rings (SSSR count). The van der Waals surface area contributed by atoms with E-state index in [1.54, 1.807) is 0 Å². The van der Waals surface area contributed by atoms with Gasteiger partial charge in [-0.3, -0.25) is 4.79 Å². The van der Waals surface area contributed by atoms with Crippen LogP contribution in [0.1, 0.15) is 10.4 Å². The molecular weight excluding hydrogens is 198 g/mol. The molecule has 1 aromatic carbocycles. The van der Waals surface area contributed by atoms with Crippen molar-refractivity contribution in [2.24, 2.45) is 7.05 Å². The van der Waals surface area contributed by atoms with Crippen LogP contribution < -0.4 is 5.56 Å². The van der Waals surface area contributed by atoms with Crippen LogP contribution in [-0.2, 0) is 7.05 Å². The van der Waals surface area contributed by atoms with Crippen molar-refractivity contribution in [3.05, 3.63) is 34.1 Å². The van der Waals surface area contributed by atoms with Crippen LogP contribution in [0.5, 0.6) is 0 Å². The van der Waals surface area contributed by atoms with Crippen LogP contribution in [0.2, 0.25) is 0 Å². The molecule has 0 aliphatic rings. The first-order valence-electron chi connectivity index (χ1n) is 4.16. The molecule has 0 amide bonds. The van der Waals surface area contributed by atoms with Crippen molar-refractivity contribution in [1.29, 1.82) is 0 Å². The Labute approximate surface area is 83.8 Å². The van der Waals surface area contributed by atoms with Gasteiger partial charge in [0.2, 0.25) is 0 Å². The summed E-state index contributed by atoms with van der Waals surface area (Å²) in [4.78, 5) is 22.2. The molecule has 0 radical (unpaired) electrons. The number of hydrogen-bond donors (Lipinski definition) is 1. The van der Waals surface area contributed by atoms with Gasteiger partial charge in [0.15, 0.2) is 0 Å². The molecule has 0 aliphatic heterocycles. The Hall–Kier alpha value is -2.24. The van der Waals surface area contributed by atoms with E-state index in [1.807, 2.05) is 0 Å². The summed E-state index contributed by atoms with van der Waals surface area (Å²) < 4.78 is 1.10. The number of aromatic carboxylic acids is 1. The minimum atomic E-state index is -1.06. The lowest BCUT2D eigenvalue weighted by atomic mass is 10.1. The summed E-state index contributed by atoms with van der Waals surface area (Å²) in [5, 5.41) is 16.4. The summed E-state index contributed by atoms with van der Waals surface area (Å²) >= 11 is 0. The minimum Gasteiger partial charge on any atom is -0.478 e. The Morgan fingerprint density at radius 3 is 2.87 bits per heavy atom. The van der Waals surface area contributed by atoms with Gasteiger partial charge in [0, 0.05) is 7.05 Å². The zero-order valence-electron chi connectivity index (χ0n) is 7.84. The zero-order chi connectivity index (χ0) is 11.0. The summed E-state index contributed by atoms with van der Waals surface area (Å²) in [6.07, 6.45) is 0. The summed E-state index contributed by atoms with van der Waals surface area (Å²) in [5.41, 5.74) is 0.0833. The number of rotatable bonds is 1. The van der Waals surface area contributed by atoms with E-state index in [0.717, 1.165) is 4.68 Å². The average Bonchev–Trinajstić information content (AvgIpc) is 2.23. The maximum absolute atomic E-state index is 11.5. The second-order valence-electron chi connectivity index (χ2n) is 3.06. The standard InChI is InChI=1S/C9H7N3O3/c1-12-8(13)6-3-2-5(9(14)15)4-7(6)10-11-12/h2-4H,1H3,(H,14,15). The molecule has 15 heavy (non-hydrogen) atoms. The van der Waals surface area contributed by atoms with Crippen molar-refractivity contribution in [2.75, 3.05) is 0 Å². The number of carbonyl (C=O) groups is 1. The molecule has 1 N–H and O–H groups in total. The van der Waals surface area contributed by atoms with E-state index < -0.39 is 5.97 Å². The van der Waals surface area contributed by atoms with Crippen LogP contribution in [0.3, 0.4) is 0 Å². The highest BCUT2D eigenvalue weighted by Gasteiger charge is 2.07. The maximum Gasteiger partial charge on any atom is 0.335 e. The van der Waals surface area contributed by atoms with Crippen molar-refractivity contribution in [3.8, 4) is 0 Å². The fourth-order valence-corrected chi connectivity index (χ4v) is 1.26. The van der Waals surface area contributed by atoms with E-state index in [1.165, 1.54) is 25.2 Å². The highest BCUT2D eigenvalue weighted by Crippen LogP contribution is 2.08. The van der Waals surface area contributed by atoms with E-state index in [4.69, 9.17) is 5.11 Å². The average molecular weight is 205 g/mol. The lowest BCUT2D eigenvalue weighted by molar-refractivity contribution is 0.0697. The predicted octanol–water partition coefficient (Wildman–Crippen LogP) is 0.0267. The van der Waals surface area contributed by atoms with Gasteiger partial charge in [-0.15, -0.1) is 5.10 Å². The lowest BCUT2D eigenvalue weighted by Crippen LogP contribution is -2.20. The summed E-state index contributed by atoms with van der Waals surface area (Å²) in [6, 6.07) is 4.13. The first kappa shape index (κ1) is 9.32. The molecule has 1 aromatic heterocycles. The van der Waals surface area contributed by atoms with Gasteiger partial charge >= 0.3 is 5.97 Å². The van der Waals surface area contributed by atoms with Crippen molar-refractivity contribution in [3.63, 3.8) is 0 Å². The summed E-state index contributed by atoms with van der Waals surface area (Å²) in [7, 11) is 1.49.